The Balaban J connectivity index is 1.51. The average Bonchev–Trinajstić information content (AvgIpc) is 3.26. The molecule has 8 nitrogen and oxygen atoms in total. The lowest BCUT2D eigenvalue weighted by Gasteiger charge is -2.30. The highest BCUT2D eigenvalue weighted by Gasteiger charge is 2.27. The van der Waals surface area contributed by atoms with Gasteiger partial charge in [0.1, 0.15) is 5.69 Å². The van der Waals surface area contributed by atoms with Crippen molar-refractivity contribution in [3.63, 3.8) is 0 Å². The van der Waals surface area contributed by atoms with E-state index in [9.17, 15) is 14.4 Å². The number of hydrogen-bond acceptors (Lipinski definition) is 6. The zero-order valence-electron chi connectivity index (χ0n) is 15.9. The fraction of sp³-hybridized carbons (Fsp3) is 0.300. The van der Waals surface area contributed by atoms with Crippen LogP contribution in [-0.4, -0.2) is 47.5 Å². The predicted octanol–water partition coefficient (Wildman–Crippen LogP) is 2.82. The first-order chi connectivity index (χ1) is 14.5. The number of carbonyl (C=O) groups is 3. The largest absolute Gasteiger partial charge is 0.436 e. The first kappa shape index (κ1) is 21.6. The van der Waals surface area contributed by atoms with Gasteiger partial charge in [0, 0.05) is 24.4 Å². The van der Waals surface area contributed by atoms with E-state index in [1.165, 1.54) is 11.3 Å². The van der Waals surface area contributed by atoms with E-state index in [2.05, 4.69) is 21.8 Å². The summed E-state index contributed by atoms with van der Waals surface area (Å²) in [4.78, 5) is 42.3. The summed E-state index contributed by atoms with van der Waals surface area (Å²) in [6.45, 7) is 1.02. The average molecular weight is 447 g/mol. The van der Waals surface area contributed by atoms with E-state index in [0.29, 0.717) is 25.9 Å². The van der Waals surface area contributed by atoms with Gasteiger partial charge in [-0.05, 0) is 25.0 Å². The van der Waals surface area contributed by atoms with Crippen LogP contribution in [0.1, 0.15) is 44.6 Å². The minimum atomic E-state index is -0.520. The second-order valence-electron chi connectivity index (χ2n) is 6.48. The lowest BCUT2D eigenvalue weighted by atomic mass is 9.98. The molecule has 1 aromatic heterocycles. The number of thiazole rings is 1. The Kier molecular flexibility index (Phi) is 7.27. The van der Waals surface area contributed by atoms with Gasteiger partial charge in [0.05, 0.1) is 15.6 Å². The molecule has 2 heterocycles. The SMILES string of the molecule is C#CCOC(=O)N1CCC(c2nc(C(=O)NNC(=O)c3ccccc3Cl)cs2)CC1. The van der Waals surface area contributed by atoms with E-state index in [0.717, 1.165) is 5.01 Å². The van der Waals surface area contributed by atoms with Gasteiger partial charge in [0.25, 0.3) is 11.8 Å². The van der Waals surface area contributed by atoms with E-state index in [4.69, 9.17) is 22.8 Å². The minimum Gasteiger partial charge on any atom is -0.436 e. The number of carbonyl (C=O) groups excluding carboxylic acids is 3. The molecule has 1 aliphatic rings. The van der Waals surface area contributed by atoms with Crippen molar-refractivity contribution < 1.29 is 19.1 Å². The Morgan fingerprint density at radius 2 is 1.93 bits per heavy atom. The molecule has 1 saturated heterocycles. The zero-order valence-corrected chi connectivity index (χ0v) is 17.5. The molecule has 0 spiro atoms. The second-order valence-corrected chi connectivity index (χ2v) is 7.78. The topological polar surface area (TPSA) is 101 Å². The van der Waals surface area contributed by atoms with Crippen molar-refractivity contribution in [2.75, 3.05) is 19.7 Å². The smallest absolute Gasteiger partial charge is 0.410 e. The number of nitrogens with zero attached hydrogens (tertiary/aromatic N) is 2. The van der Waals surface area contributed by atoms with Gasteiger partial charge in [-0.1, -0.05) is 29.7 Å². The highest BCUT2D eigenvalue weighted by molar-refractivity contribution is 7.09. The highest BCUT2D eigenvalue weighted by Crippen LogP contribution is 2.30. The number of halogens is 1. The number of nitrogens with one attached hydrogen (secondary N) is 2. The summed E-state index contributed by atoms with van der Waals surface area (Å²) in [5.74, 6) is 1.37. The molecule has 0 radical (unpaired) electrons. The van der Waals surface area contributed by atoms with Crippen molar-refractivity contribution in [3.05, 3.63) is 50.9 Å². The summed E-state index contributed by atoms with van der Waals surface area (Å²) in [5, 5.41) is 2.74. The van der Waals surface area contributed by atoms with Gasteiger partial charge in [0.15, 0.2) is 6.61 Å². The molecule has 1 fully saturated rings. The quantitative estimate of drug-likeness (QED) is 0.555. The van der Waals surface area contributed by atoms with Crippen molar-refractivity contribution in [3.8, 4) is 12.3 Å². The van der Waals surface area contributed by atoms with Crippen molar-refractivity contribution in [1.82, 2.24) is 20.7 Å². The van der Waals surface area contributed by atoms with Gasteiger partial charge in [-0.25, -0.2) is 9.78 Å². The van der Waals surface area contributed by atoms with Crippen molar-refractivity contribution in [2.24, 2.45) is 0 Å². The van der Waals surface area contributed by atoms with Gasteiger partial charge in [-0.15, -0.1) is 17.8 Å². The van der Waals surface area contributed by atoms with Crippen LogP contribution >= 0.6 is 22.9 Å². The molecule has 2 aromatic rings. The van der Waals surface area contributed by atoms with Crippen LogP contribution in [0.15, 0.2) is 29.6 Å². The van der Waals surface area contributed by atoms with Gasteiger partial charge < -0.3 is 9.64 Å². The van der Waals surface area contributed by atoms with Gasteiger partial charge in [-0.3, -0.25) is 20.4 Å². The van der Waals surface area contributed by atoms with Crippen molar-refractivity contribution >= 4 is 40.8 Å². The van der Waals surface area contributed by atoms with Gasteiger partial charge >= 0.3 is 6.09 Å². The molecule has 0 aliphatic carbocycles. The summed E-state index contributed by atoms with van der Waals surface area (Å²) < 4.78 is 4.93. The number of likely N-dealkylation sites (tertiary alicyclic amines) is 1. The van der Waals surface area contributed by atoms with Crippen LogP contribution in [0.4, 0.5) is 4.79 Å². The minimum absolute atomic E-state index is 0.0449. The number of hydrogen-bond donors (Lipinski definition) is 2. The molecular weight excluding hydrogens is 428 g/mol. The van der Waals surface area contributed by atoms with Crippen LogP contribution in [-0.2, 0) is 4.74 Å². The summed E-state index contributed by atoms with van der Waals surface area (Å²) in [5.41, 5.74) is 5.14. The van der Waals surface area contributed by atoms with Crippen LogP contribution in [0.5, 0.6) is 0 Å². The molecule has 3 rings (SSSR count). The van der Waals surface area contributed by atoms with Crippen LogP contribution < -0.4 is 10.9 Å². The number of aromatic nitrogens is 1. The summed E-state index contributed by atoms with van der Waals surface area (Å²) in [6.07, 6.45) is 6.10. The Morgan fingerprint density at radius 3 is 2.63 bits per heavy atom. The fourth-order valence-corrected chi connectivity index (χ4v) is 4.17. The molecular formula is C20H19ClN4O4S. The normalized spacial score (nSPS) is 13.9. The van der Waals surface area contributed by atoms with Crippen molar-refractivity contribution in [1.29, 1.82) is 0 Å². The van der Waals surface area contributed by atoms with Gasteiger partial charge in [-0.2, -0.15) is 0 Å². The van der Waals surface area contributed by atoms with Crippen molar-refractivity contribution in [2.45, 2.75) is 18.8 Å². The predicted molar refractivity (Wildman–Crippen MR) is 112 cm³/mol. The maximum atomic E-state index is 12.3. The monoisotopic (exact) mass is 446 g/mol. The first-order valence-corrected chi connectivity index (χ1v) is 10.4. The molecule has 3 amide bonds. The number of terminal acetylenes is 1. The number of benzene rings is 1. The van der Waals surface area contributed by atoms with E-state index >= 15 is 0 Å². The Labute approximate surface area is 182 Å². The third-order valence-electron chi connectivity index (χ3n) is 4.54. The van der Waals surface area contributed by atoms with Crippen LogP contribution in [0, 0.1) is 12.3 Å². The van der Waals surface area contributed by atoms with E-state index in [1.54, 1.807) is 34.5 Å². The lowest BCUT2D eigenvalue weighted by molar-refractivity contribution is 0.0844. The van der Waals surface area contributed by atoms with E-state index in [1.807, 2.05) is 0 Å². The number of piperidine rings is 1. The summed E-state index contributed by atoms with van der Waals surface area (Å²) >= 11 is 7.34. The highest BCUT2D eigenvalue weighted by atomic mass is 35.5. The maximum Gasteiger partial charge on any atom is 0.410 e. The zero-order chi connectivity index (χ0) is 21.5. The summed E-state index contributed by atoms with van der Waals surface area (Å²) in [6, 6.07) is 6.53. The molecule has 1 aliphatic heterocycles. The summed E-state index contributed by atoms with van der Waals surface area (Å²) in [7, 11) is 0. The molecule has 30 heavy (non-hydrogen) atoms. The maximum absolute atomic E-state index is 12.3. The van der Waals surface area contributed by atoms with Crippen LogP contribution in [0.2, 0.25) is 5.02 Å². The molecule has 2 N–H and O–H groups in total. The number of amides is 3. The van der Waals surface area contributed by atoms with Crippen LogP contribution in [0.25, 0.3) is 0 Å². The number of ether oxygens (including phenoxy) is 1. The van der Waals surface area contributed by atoms with Gasteiger partial charge in [0.2, 0.25) is 0 Å². The number of rotatable bonds is 4. The second kappa shape index (κ2) is 10.1. The molecule has 0 bridgehead atoms. The lowest BCUT2D eigenvalue weighted by Crippen LogP contribution is -2.42. The Hall–Kier alpha value is -3.09. The standard InChI is InChI=1S/C20H19ClN4O4S/c1-2-11-29-20(28)25-9-7-13(8-10-25)19-22-16(12-30-19)18(27)24-23-17(26)14-5-3-4-6-15(14)21/h1,3-6,12-13H,7-11H2,(H,23,26)(H,24,27). The van der Waals surface area contributed by atoms with E-state index < -0.39 is 17.9 Å². The van der Waals surface area contributed by atoms with E-state index in [-0.39, 0.29) is 28.8 Å². The fourth-order valence-electron chi connectivity index (χ4n) is 2.97. The Bertz CT molecular complexity index is 979. The van der Waals surface area contributed by atoms with Crippen LogP contribution in [0.3, 0.4) is 0 Å². The molecule has 0 unspecified atom stereocenters. The third kappa shape index (κ3) is 5.28. The molecule has 1 aromatic carbocycles. The Morgan fingerprint density at radius 1 is 1.23 bits per heavy atom. The molecule has 0 atom stereocenters. The molecule has 10 heteroatoms. The molecule has 0 saturated carbocycles. The third-order valence-corrected chi connectivity index (χ3v) is 5.88. The first-order valence-electron chi connectivity index (χ1n) is 9.15. The molecule has 156 valence electrons. The number of hydrazine groups is 1.